The summed E-state index contributed by atoms with van der Waals surface area (Å²) in [5, 5.41) is 19.8. The van der Waals surface area contributed by atoms with E-state index in [-0.39, 0.29) is 0 Å². The molecule has 1 rings (SSSR count). The van der Waals surface area contributed by atoms with Crippen molar-refractivity contribution in [2.45, 2.75) is 6.54 Å². The molecule has 15 heavy (non-hydrogen) atoms. The first-order valence-corrected chi connectivity index (χ1v) is 4.34. The second-order valence-electron chi connectivity index (χ2n) is 3.12. The third kappa shape index (κ3) is 3.30. The molecule has 5 heteroatoms. The van der Waals surface area contributed by atoms with E-state index in [4.69, 9.17) is 10.3 Å². The molecule has 0 aliphatic rings. The molecule has 0 heterocycles. The highest BCUT2D eigenvalue weighted by Crippen LogP contribution is 2.05. The molecule has 0 aromatic heterocycles. The molecule has 0 saturated heterocycles. The van der Waals surface area contributed by atoms with Gasteiger partial charge >= 0.3 is 6.09 Å². The standard InChI is InChI=1S/C10H12N2O3/c1-12(10(13)14)7-9-4-2-8(3-5-9)6-11-15/h2-6,15H,7H2,1H3,(H,13,14)/b11-6-. The van der Waals surface area contributed by atoms with Crippen LogP contribution < -0.4 is 0 Å². The van der Waals surface area contributed by atoms with Gasteiger partial charge in [0, 0.05) is 13.6 Å². The molecule has 0 unspecified atom stereocenters. The van der Waals surface area contributed by atoms with Crippen molar-refractivity contribution < 1.29 is 15.1 Å². The quantitative estimate of drug-likeness (QED) is 0.450. The van der Waals surface area contributed by atoms with E-state index in [0.717, 1.165) is 11.1 Å². The Morgan fingerprint density at radius 2 is 2.07 bits per heavy atom. The number of carboxylic acid groups (broad SMARTS) is 1. The van der Waals surface area contributed by atoms with Crippen LogP contribution in [0.3, 0.4) is 0 Å². The zero-order valence-electron chi connectivity index (χ0n) is 8.29. The van der Waals surface area contributed by atoms with Crippen molar-refractivity contribution in [3.05, 3.63) is 35.4 Å². The summed E-state index contributed by atoms with van der Waals surface area (Å²) in [7, 11) is 1.51. The zero-order valence-corrected chi connectivity index (χ0v) is 8.29. The predicted molar refractivity (Wildman–Crippen MR) is 55.3 cm³/mol. The minimum absolute atomic E-state index is 0.339. The van der Waals surface area contributed by atoms with E-state index in [1.807, 2.05) is 0 Å². The van der Waals surface area contributed by atoms with Crippen LogP contribution >= 0.6 is 0 Å². The largest absolute Gasteiger partial charge is 0.465 e. The number of carbonyl (C=O) groups is 1. The van der Waals surface area contributed by atoms with Crippen molar-refractivity contribution in [3.8, 4) is 0 Å². The van der Waals surface area contributed by atoms with E-state index < -0.39 is 6.09 Å². The van der Waals surface area contributed by atoms with Gasteiger partial charge in [0.25, 0.3) is 0 Å². The van der Waals surface area contributed by atoms with Crippen LogP contribution in [0.2, 0.25) is 0 Å². The number of rotatable bonds is 3. The van der Waals surface area contributed by atoms with E-state index in [2.05, 4.69) is 5.16 Å². The number of hydrogen-bond acceptors (Lipinski definition) is 3. The van der Waals surface area contributed by atoms with Crippen LogP contribution in [-0.4, -0.2) is 34.6 Å². The first-order valence-electron chi connectivity index (χ1n) is 4.34. The maximum absolute atomic E-state index is 10.5. The van der Waals surface area contributed by atoms with Crippen molar-refractivity contribution in [2.24, 2.45) is 5.16 Å². The van der Waals surface area contributed by atoms with Crippen molar-refractivity contribution in [3.63, 3.8) is 0 Å². The molecule has 1 amide bonds. The highest BCUT2D eigenvalue weighted by molar-refractivity contribution is 5.78. The molecular weight excluding hydrogens is 196 g/mol. The van der Waals surface area contributed by atoms with Gasteiger partial charge in [0.05, 0.1) is 6.21 Å². The third-order valence-corrected chi connectivity index (χ3v) is 1.93. The van der Waals surface area contributed by atoms with Crippen LogP contribution in [0.5, 0.6) is 0 Å². The van der Waals surface area contributed by atoms with E-state index in [1.165, 1.54) is 18.2 Å². The minimum atomic E-state index is -0.962. The Hall–Kier alpha value is -2.04. The Labute approximate surface area is 87.3 Å². The van der Waals surface area contributed by atoms with Gasteiger partial charge in [-0.1, -0.05) is 29.4 Å². The van der Waals surface area contributed by atoms with Crippen molar-refractivity contribution in [2.75, 3.05) is 7.05 Å². The molecule has 5 nitrogen and oxygen atoms in total. The molecule has 0 aliphatic carbocycles. The highest BCUT2D eigenvalue weighted by Gasteiger charge is 2.05. The van der Waals surface area contributed by atoms with Crippen LogP contribution in [0.15, 0.2) is 29.4 Å². The van der Waals surface area contributed by atoms with Crippen molar-refractivity contribution in [1.29, 1.82) is 0 Å². The monoisotopic (exact) mass is 208 g/mol. The van der Waals surface area contributed by atoms with E-state index >= 15 is 0 Å². The Morgan fingerprint density at radius 1 is 1.47 bits per heavy atom. The molecule has 1 aromatic carbocycles. The zero-order chi connectivity index (χ0) is 11.3. The Bertz CT molecular complexity index is 359. The number of nitrogens with zero attached hydrogens (tertiary/aromatic N) is 2. The molecule has 0 atom stereocenters. The van der Waals surface area contributed by atoms with E-state index in [1.54, 1.807) is 24.3 Å². The second-order valence-corrected chi connectivity index (χ2v) is 3.12. The fourth-order valence-electron chi connectivity index (χ4n) is 1.12. The fourth-order valence-corrected chi connectivity index (χ4v) is 1.12. The molecule has 0 spiro atoms. The number of oxime groups is 1. The minimum Gasteiger partial charge on any atom is -0.465 e. The number of hydrogen-bond donors (Lipinski definition) is 2. The van der Waals surface area contributed by atoms with Crippen LogP contribution in [0.25, 0.3) is 0 Å². The maximum atomic E-state index is 10.5. The SMILES string of the molecule is CN(Cc1ccc(/C=N\O)cc1)C(=O)O. The van der Waals surface area contributed by atoms with Gasteiger partial charge < -0.3 is 15.2 Å². The summed E-state index contributed by atoms with van der Waals surface area (Å²) in [6, 6.07) is 7.09. The van der Waals surface area contributed by atoms with E-state index in [9.17, 15) is 4.79 Å². The molecule has 80 valence electrons. The summed E-state index contributed by atoms with van der Waals surface area (Å²) in [6.45, 7) is 0.339. The first kappa shape index (κ1) is 11.0. The molecule has 0 radical (unpaired) electrons. The fraction of sp³-hybridized carbons (Fsp3) is 0.200. The smallest absolute Gasteiger partial charge is 0.407 e. The summed E-state index contributed by atoms with van der Waals surface area (Å²) < 4.78 is 0. The van der Waals surface area contributed by atoms with Gasteiger partial charge in [-0.15, -0.1) is 0 Å². The molecule has 1 aromatic rings. The summed E-state index contributed by atoms with van der Waals surface area (Å²) in [5.74, 6) is 0. The summed E-state index contributed by atoms with van der Waals surface area (Å²) in [5.41, 5.74) is 1.65. The summed E-state index contributed by atoms with van der Waals surface area (Å²) in [6.07, 6.45) is 0.348. The molecule has 0 aliphatic heterocycles. The first-order chi connectivity index (χ1) is 7.13. The molecule has 0 bridgehead atoms. The lowest BCUT2D eigenvalue weighted by Crippen LogP contribution is -2.23. The molecule has 0 saturated carbocycles. The lowest BCUT2D eigenvalue weighted by Gasteiger charge is -2.12. The van der Waals surface area contributed by atoms with Crippen LogP contribution in [0.1, 0.15) is 11.1 Å². The Balaban J connectivity index is 2.68. The van der Waals surface area contributed by atoms with Gasteiger partial charge in [-0.3, -0.25) is 0 Å². The van der Waals surface area contributed by atoms with Crippen LogP contribution in [0, 0.1) is 0 Å². The maximum Gasteiger partial charge on any atom is 0.407 e. The normalized spacial score (nSPS) is 10.5. The number of benzene rings is 1. The molecule has 0 fully saturated rings. The Morgan fingerprint density at radius 3 is 2.53 bits per heavy atom. The second kappa shape index (κ2) is 4.99. The van der Waals surface area contributed by atoms with Crippen molar-refractivity contribution in [1.82, 2.24) is 4.90 Å². The highest BCUT2D eigenvalue weighted by atomic mass is 16.4. The van der Waals surface area contributed by atoms with Crippen LogP contribution in [0.4, 0.5) is 4.79 Å². The van der Waals surface area contributed by atoms with Gasteiger partial charge in [0.2, 0.25) is 0 Å². The summed E-state index contributed by atoms with van der Waals surface area (Å²) in [4.78, 5) is 11.7. The van der Waals surface area contributed by atoms with Crippen LogP contribution in [-0.2, 0) is 6.54 Å². The summed E-state index contributed by atoms with van der Waals surface area (Å²) >= 11 is 0. The number of amides is 1. The average molecular weight is 208 g/mol. The third-order valence-electron chi connectivity index (χ3n) is 1.93. The van der Waals surface area contributed by atoms with Crippen molar-refractivity contribution >= 4 is 12.3 Å². The van der Waals surface area contributed by atoms with Gasteiger partial charge in [-0.05, 0) is 11.1 Å². The van der Waals surface area contributed by atoms with Gasteiger partial charge in [0.15, 0.2) is 0 Å². The van der Waals surface area contributed by atoms with Gasteiger partial charge in [-0.25, -0.2) is 4.79 Å². The van der Waals surface area contributed by atoms with E-state index in [0.29, 0.717) is 6.54 Å². The average Bonchev–Trinajstić information content (AvgIpc) is 2.21. The molecular formula is C10H12N2O3. The Kier molecular flexibility index (Phi) is 3.68. The van der Waals surface area contributed by atoms with Gasteiger partial charge in [-0.2, -0.15) is 0 Å². The topological polar surface area (TPSA) is 73.1 Å². The molecule has 2 N–H and O–H groups in total. The van der Waals surface area contributed by atoms with Gasteiger partial charge in [0.1, 0.15) is 0 Å². The lowest BCUT2D eigenvalue weighted by molar-refractivity contribution is 0.154. The lowest BCUT2D eigenvalue weighted by atomic mass is 10.1. The predicted octanol–water partition coefficient (Wildman–Crippen LogP) is 1.60.